The van der Waals surface area contributed by atoms with Crippen LogP contribution in [0.1, 0.15) is 158 Å². The van der Waals surface area contributed by atoms with Gasteiger partial charge in [0.25, 0.3) is 13.4 Å². The van der Waals surface area contributed by atoms with Gasteiger partial charge in [0.1, 0.15) is 46.0 Å². The highest BCUT2D eigenvalue weighted by atomic mass is 32.2. The molecule has 0 atom stereocenters. The van der Waals surface area contributed by atoms with E-state index in [9.17, 15) is 0 Å². The summed E-state index contributed by atoms with van der Waals surface area (Å²) in [5, 5.41) is 0. The van der Waals surface area contributed by atoms with Crippen LogP contribution in [-0.2, 0) is 32.5 Å². The molecule has 0 saturated heterocycles. The molecule has 11 rings (SSSR count). The van der Waals surface area contributed by atoms with Crippen LogP contribution in [0.2, 0.25) is 0 Å². The summed E-state index contributed by atoms with van der Waals surface area (Å²) in [6.07, 6.45) is 0. The highest BCUT2D eigenvalue weighted by Crippen LogP contribution is 2.47. The summed E-state index contributed by atoms with van der Waals surface area (Å²) in [6.45, 7) is 41.2. The molecule has 0 aliphatic carbocycles. The minimum Gasteiger partial charge on any atom is -0.458 e. The number of rotatable bonds is 4. The van der Waals surface area contributed by atoms with Gasteiger partial charge >= 0.3 is 0 Å². The minimum absolute atomic E-state index is 0.0439. The zero-order valence-electron chi connectivity index (χ0n) is 47.0. The molecule has 0 N–H and O–H groups in total. The zero-order valence-corrected chi connectivity index (χ0v) is 48.6. The molecule has 7 aromatic carbocycles. The molecule has 8 heteroatoms. The molecule has 0 unspecified atom stereocenters. The van der Waals surface area contributed by atoms with Gasteiger partial charge < -0.3 is 18.9 Å². The summed E-state index contributed by atoms with van der Waals surface area (Å²) >= 11 is 3.68. The van der Waals surface area contributed by atoms with Crippen LogP contribution in [0.4, 0.5) is 0 Å². The molecule has 4 aliphatic heterocycles. The Morgan fingerprint density at radius 1 is 0.311 bits per heavy atom. The van der Waals surface area contributed by atoms with Crippen molar-refractivity contribution >= 4 is 69.7 Å². The Hall–Kier alpha value is -5.43. The third-order valence-electron chi connectivity index (χ3n) is 15.5. The Balaban J connectivity index is 1.13. The molecule has 0 bridgehead atoms. The second kappa shape index (κ2) is 17.0. The average molecular weight is 1020 g/mol. The van der Waals surface area contributed by atoms with Gasteiger partial charge in [-0.25, -0.2) is 0 Å². The first-order valence-corrected chi connectivity index (χ1v) is 28.2. The third kappa shape index (κ3) is 8.98. The van der Waals surface area contributed by atoms with Gasteiger partial charge in [-0.15, -0.1) is 0 Å². The van der Waals surface area contributed by atoms with Gasteiger partial charge in [0.15, 0.2) is 0 Å². The van der Waals surface area contributed by atoms with Crippen molar-refractivity contribution in [2.45, 2.75) is 177 Å². The second-order valence-electron chi connectivity index (χ2n) is 27.5. The summed E-state index contributed by atoms with van der Waals surface area (Å²) in [7, 11) is 0. The van der Waals surface area contributed by atoms with Crippen molar-refractivity contribution in [2.24, 2.45) is 0 Å². The average Bonchev–Trinajstić information content (AvgIpc) is 3.28. The summed E-state index contributed by atoms with van der Waals surface area (Å²) in [6, 6.07) is 40.5. The van der Waals surface area contributed by atoms with Gasteiger partial charge in [0, 0.05) is 31.7 Å². The fourth-order valence-electron chi connectivity index (χ4n) is 11.2. The fourth-order valence-corrected chi connectivity index (χ4v) is 13.7. The first-order chi connectivity index (χ1) is 34.4. The summed E-state index contributed by atoms with van der Waals surface area (Å²) in [4.78, 5) is 4.81. The standard InChI is InChI=1S/C66H72B2O4S2/c1-61(2,3)37-19-23-41(24-20-37)69-43-31-51-59-55(33-43)73-53-36-54-48(35-47(53)67(59)57-45(65(13,14)15)27-39(63(7,8)9)29-49(57)71-51)68-58-46(66(16,17)18)28-40(64(10,11)12)30-50(58)72-52-32-44(34-56(74-54)60(52)68)70-42-25-21-38(22-26-42)62(4,5)6/h19-36H,1-18H3. The predicted octanol–water partition coefficient (Wildman–Crippen LogP) is 15.2. The van der Waals surface area contributed by atoms with E-state index in [1.54, 1.807) is 0 Å². The summed E-state index contributed by atoms with van der Waals surface area (Å²) in [5.41, 5.74) is 14.8. The molecule has 0 amide bonds. The molecule has 0 aromatic heterocycles. The highest BCUT2D eigenvalue weighted by molar-refractivity contribution is 8.01. The van der Waals surface area contributed by atoms with Gasteiger partial charge in [-0.2, -0.15) is 0 Å². The Morgan fingerprint density at radius 3 is 0.973 bits per heavy atom. The van der Waals surface area contributed by atoms with E-state index >= 15 is 0 Å². The maximum absolute atomic E-state index is 7.27. The van der Waals surface area contributed by atoms with Crippen LogP contribution >= 0.6 is 23.5 Å². The minimum atomic E-state index is -0.169. The van der Waals surface area contributed by atoms with Crippen LogP contribution in [0.5, 0.6) is 46.0 Å². The molecule has 0 spiro atoms. The molecule has 4 heterocycles. The van der Waals surface area contributed by atoms with E-state index in [4.69, 9.17) is 18.9 Å². The molecule has 0 fully saturated rings. The van der Waals surface area contributed by atoms with Gasteiger partial charge in [-0.05, 0) is 142 Å². The molecule has 4 nitrogen and oxygen atoms in total. The van der Waals surface area contributed by atoms with Crippen LogP contribution < -0.4 is 51.7 Å². The maximum Gasteiger partial charge on any atom is 0.254 e. The normalized spacial score (nSPS) is 14.7. The molecular formula is C66H72B2O4S2. The van der Waals surface area contributed by atoms with Gasteiger partial charge in [0.2, 0.25) is 0 Å². The quantitative estimate of drug-likeness (QED) is 0.164. The Bertz CT molecular complexity index is 3210. The zero-order chi connectivity index (χ0) is 53.0. The van der Waals surface area contributed by atoms with Gasteiger partial charge in [-0.1, -0.05) is 202 Å². The SMILES string of the molecule is CC(C)(C)c1ccc(Oc2cc3c4c(c2)Sc2cc5c(cc2B4c2c(cc(C(C)(C)C)cc2C(C)(C)C)O3)B2c3c(cc(Oc4ccc(C(C)(C)C)cc4)cc3S5)Oc3cc(C(C)(C)C)cc(C(C)(C)C)c32)cc1. The smallest absolute Gasteiger partial charge is 0.254 e. The van der Waals surface area contributed by atoms with Crippen LogP contribution in [0.25, 0.3) is 0 Å². The van der Waals surface area contributed by atoms with E-state index < -0.39 is 0 Å². The first-order valence-electron chi connectivity index (χ1n) is 26.6. The van der Waals surface area contributed by atoms with Crippen molar-refractivity contribution in [3.8, 4) is 46.0 Å². The fraction of sp³-hybridized carbons (Fsp3) is 0.364. The predicted molar refractivity (Wildman–Crippen MR) is 315 cm³/mol. The molecule has 378 valence electrons. The van der Waals surface area contributed by atoms with E-state index in [0.29, 0.717) is 0 Å². The van der Waals surface area contributed by atoms with E-state index in [2.05, 4.69) is 234 Å². The van der Waals surface area contributed by atoms with Crippen molar-refractivity contribution in [1.82, 2.24) is 0 Å². The summed E-state index contributed by atoms with van der Waals surface area (Å²) in [5.74, 6) is 6.70. The van der Waals surface area contributed by atoms with Crippen molar-refractivity contribution in [2.75, 3.05) is 0 Å². The van der Waals surface area contributed by atoms with E-state index in [1.807, 2.05) is 23.5 Å². The van der Waals surface area contributed by atoms with E-state index in [1.165, 1.54) is 75.9 Å². The maximum atomic E-state index is 7.27. The Labute approximate surface area is 451 Å². The number of fused-ring (bicyclic) bond motifs is 8. The lowest BCUT2D eigenvalue weighted by Crippen LogP contribution is -2.63. The summed E-state index contributed by atoms with van der Waals surface area (Å²) < 4.78 is 28.1. The largest absolute Gasteiger partial charge is 0.458 e. The number of ether oxygens (including phenoxy) is 4. The van der Waals surface area contributed by atoms with Gasteiger partial charge in [0.05, 0.1) is 0 Å². The van der Waals surface area contributed by atoms with Crippen molar-refractivity contribution in [3.63, 3.8) is 0 Å². The molecule has 0 radical (unpaired) electrons. The molecule has 4 aliphatic rings. The Kier molecular flexibility index (Phi) is 11.7. The first kappa shape index (κ1) is 50.7. The second-order valence-corrected chi connectivity index (χ2v) is 29.7. The highest BCUT2D eigenvalue weighted by Gasteiger charge is 2.47. The molecule has 74 heavy (non-hydrogen) atoms. The number of benzene rings is 7. The molecule has 0 saturated carbocycles. The third-order valence-corrected chi connectivity index (χ3v) is 17.8. The Morgan fingerprint density at radius 2 is 0.649 bits per heavy atom. The van der Waals surface area contributed by atoms with Crippen LogP contribution in [0.3, 0.4) is 0 Å². The van der Waals surface area contributed by atoms with Gasteiger partial charge in [-0.3, -0.25) is 0 Å². The topological polar surface area (TPSA) is 36.9 Å². The lowest BCUT2D eigenvalue weighted by Gasteiger charge is -2.40. The lowest BCUT2D eigenvalue weighted by atomic mass is 9.31. The van der Waals surface area contributed by atoms with E-state index in [0.717, 1.165) is 55.8 Å². The molecular weight excluding hydrogens is 942 g/mol. The van der Waals surface area contributed by atoms with Crippen molar-refractivity contribution in [3.05, 3.63) is 143 Å². The van der Waals surface area contributed by atoms with Crippen LogP contribution in [0, 0.1) is 0 Å². The molecule has 7 aromatic rings. The van der Waals surface area contributed by atoms with Crippen molar-refractivity contribution < 1.29 is 18.9 Å². The number of hydrogen-bond donors (Lipinski definition) is 0. The monoisotopic (exact) mass is 1010 g/mol. The van der Waals surface area contributed by atoms with Crippen LogP contribution in [0.15, 0.2) is 129 Å². The van der Waals surface area contributed by atoms with E-state index in [-0.39, 0.29) is 45.9 Å². The van der Waals surface area contributed by atoms with Crippen molar-refractivity contribution in [1.29, 1.82) is 0 Å². The van der Waals surface area contributed by atoms with Crippen LogP contribution in [-0.4, -0.2) is 13.4 Å². The lowest BCUT2D eigenvalue weighted by molar-refractivity contribution is 0.456. The number of hydrogen-bond acceptors (Lipinski definition) is 6.